The number of alkyl halides is 3. The normalized spacial score (nSPS) is 13.9. The highest BCUT2D eigenvalue weighted by Crippen LogP contribution is 2.26. The number of hydrogen-bond donors (Lipinski definition) is 3. The zero-order chi connectivity index (χ0) is 21.0. The summed E-state index contributed by atoms with van der Waals surface area (Å²) in [5.41, 5.74) is 9.28. The quantitative estimate of drug-likeness (QED) is 0.561. The smallest absolute Gasteiger partial charge is 0.406 e. The minimum Gasteiger partial charge on any atom is -0.406 e. The molecule has 0 aliphatic carbocycles. The lowest BCUT2D eigenvalue weighted by Crippen LogP contribution is -2.41. The minimum absolute atomic E-state index is 0. The van der Waals surface area contributed by atoms with Crippen LogP contribution >= 0.6 is 0 Å². The van der Waals surface area contributed by atoms with Crippen molar-refractivity contribution < 1.29 is 19.3 Å². The maximum atomic E-state index is 12.3. The molecule has 3 aromatic rings. The van der Waals surface area contributed by atoms with Gasteiger partial charge in [0.25, 0.3) is 0 Å². The van der Waals surface area contributed by atoms with E-state index < -0.39 is 6.36 Å². The van der Waals surface area contributed by atoms with Gasteiger partial charge in [-0.05, 0) is 54.1 Å². The first-order chi connectivity index (χ1) is 14.5. The van der Waals surface area contributed by atoms with Gasteiger partial charge in [-0.3, -0.25) is 10.4 Å². The lowest BCUT2D eigenvalue weighted by molar-refractivity contribution is -0.274. The van der Waals surface area contributed by atoms with Crippen molar-refractivity contribution in [3.05, 3.63) is 84.2 Å². The molecule has 3 N–H and O–H groups in total. The number of rotatable bonds is 6. The highest BCUT2D eigenvalue weighted by Gasteiger charge is 2.31. The van der Waals surface area contributed by atoms with E-state index in [0.29, 0.717) is 18.1 Å². The molecule has 0 saturated heterocycles. The lowest BCUT2D eigenvalue weighted by atomic mass is 10.1. The summed E-state index contributed by atoms with van der Waals surface area (Å²) in [7, 11) is 0. The maximum absolute atomic E-state index is 12.3. The number of pyridine rings is 1. The summed E-state index contributed by atoms with van der Waals surface area (Å²) in [4.78, 5) is 4.00. The van der Waals surface area contributed by atoms with E-state index in [9.17, 15) is 13.2 Å². The summed E-state index contributed by atoms with van der Waals surface area (Å²) in [5.74, 6) is 0.323. The molecule has 2 heterocycles. The number of hydrogen-bond acceptors (Lipinski definition) is 7. The zero-order valence-electron chi connectivity index (χ0n) is 15.5. The molecule has 4 rings (SSSR count). The number of nitrogens with one attached hydrogen (secondary N) is 3. The van der Waals surface area contributed by atoms with Gasteiger partial charge in [-0.25, -0.2) is 5.53 Å². The highest BCUT2D eigenvalue weighted by atomic mass is 19.4. The molecule has 1 aliphatic rings. The van der Waals surface area contributed by atoms with Gasteiger partial charge < -0.3 is 10.1 Å². The van der Waals surface area contributed by atoms with E-state index >= 15 is 0 Å². The van der Waals surface area contributed by atoms with Crippen molar-refractivity contribution in [2.24, 2.45) is 5.10 Å². The molecule has 30 heavy (non-hydrogen) atoms. The summed E-state index contributed by atoms with van der Waals surface area (Å²) < 4.78 is 40.8. The van der Waals surface area contributed by atoms with Gasteiger partial charge in [-0.15, -0.1) is 23.4 Å². The Balaban J connectivity index is 0.00000272. The maximum Gasteiger partial charge on any atom is 0.573 e. The third-order valence-corrected chi connectivity index (χ3v) is 4.16. The van der Waals surface area contributed by atoms with Crippen molar-refractivity contribution in [2.45, 2.75) is 12.9 Å². The van der Waals surface area contributed by atoms with Crippen LogP contribution in [0.1, 0.15) is 12.6 Å². The Morgan fingerprint density at radius 3 is 2.47 bits per heavy atom. The SMILES string of the molecule is FC(F)(F)Oc1ccc(Nc2ccccc2C2=NNN(Cc3ccncc3)N2)cc1.[HH]. The molecular weight excluding hydrogens is 397 g/mol. The predicted octanol–water partition coefficient (Wildman–Crippen LogP) is 4.16. The van der Waals surface area contributed by atoms with Crippen LogP contribution in [0.25, 0.3) is 0 Å². The van der Waals surface area contributed by atoms with Gasteiger partial charge >= 0.3 is 6.36 Å². The standard InChI is InChI=1S/C20H17F3N6O.H2/c21-20(22,23)30-16-7-5-15(6-8-16)25-18-4-2-1-3-17(18)19-26-28-29(27-19)13-14-9-11-24-12-10-14;/h1-12,25,28H,13H2,(H,26,27);1H. The van der Waals surface area contributed by atoms with Crippen LogP contribution in [0.3, 0.4) is 0 Å². The number of nitrogens with zero attached hydrogens (tertiary/aromatic N) is 3. The first kappa shape index (κ1) is 19.5. The van der Waals surface area contributed by atoms with E-state index in [1.807, 2.05) is 36.4 Å². The van der Waals surface area contributed by atoms with Crippen LogP contribution in [0, 0.1) is 0 Å². The van der Waals surface area contributed by atoms with E-state index in [2.05, 4.69) is 31.1 Å². The summed E-state index contributed by atoms with van der Waals surface area (Å²) in [6.45, 7) is 0.561. The molecule has 0 unspecified atom stereocenters. The summed E-state index contributed by atoms with van der Waals surface area (Å²) >= 11 is 0. The zero-order valence-corrected chi connectivity index (χ0v) is 15.5. The van der Waals surface area contributed by atoms with Crippen LogP contribution in [0.4, 0.5) is 24.5 Å². The third kappa shape index (κ3) is 4.97. The number of aromatic nitrogens is 1. The van der Waals surface area contributed by atoms with Crippen molar-refractivity contribution in [1.82, 2.24) is 21.1 Å². The summed E-state index contributed by atoms with van der Waals surface area (Å²) in [6.07, 6.45) is -1.28. The van der Waals surface area contributed by atoms with Crippen molar-refractivity contribution in [3.63, 3.8) is 0 Å². The Kier molecular flexibility index (Phi) is 5.40. The second kappa shape index (κ2) is 8.29. The molecule has 0 fully saturated rings. The largest absolute Gasteiger partial charge is 0.573 e. The second-order valence-electron chi connectivity index (χ2n) is 6.36. The van der Waals surface area contributed by atoms with Gasteiger partial charge in [0.15, 0.2) is 5.84 Å². The second-order valence-corrected chi connectivity index (χ2v) is 6.36. The molecule has 0 bridgehead atoms. The molecule has 0 radical (unpaired) electrons. The number of halogens is 3. The Morgan fingerprint density at radius 1 is 1.00 bits per heavy atom. The molecule has 0 atom stereocenters. The monoisotopic (exact) mass is 416 g/mol. The van der Waals surface area contributed by atoms with Crippen LogP contribution in [0.2, 0.25) is 0 Å². The van der Waals surface area contributed by atoms with Crippen molar-refractivity contribution in [3.8, 4) is 5.75 Å². The van der Waals surface area contributed by atoms with E-state index in [1.165, 1.54) is 24.3 Å². The van der Waals surface area contributed by atoms with E-state index in [-0.39, 0.29) is 7.18 Å². The number of ether oxygens (including phenoxy) is 1. The van der Waals surface area contributed by atoms with Gasteiger partial charge in [0.2, 0.25) is 0 Å². The van der Waals surface area contributed by atoms with E-state index in [4.69, 9.17) is 0 Å². The average molecular weight is 416 g/mol. The Morgan fingerprint density at radius 2 is 1.73 bits per heavy atom. The van der Waals surface area contributed by atoms with E-state index in [1.54, 1.807) is 17.5 Å². The number of hydrazine groups is 2. The number of anilines is 2. The number of amidine groups is 1. The molecule has 7 nitrogen and oxygen atoms in total. The fraction of sp³-hybridized carbons (Fsp3) is 0.100. The molecule has 0 saturated carbocycles. The Hall–Kier alpha value is -3.79. The number of benzene rings is 2. The van der Waals surface area contributed by atoms with E-state index in [0.717, 1.165) is 16.8 Å². The summed E-state index contributed by atoms with van der Waals surface area (Å²) in [5, 5.41) is 9.24. The van der Waals surface area contributed by atoms with Gasteiger partial charge in [-0.2, -0.15) is 0 Å². The number of para-hydroxylation sites is 1. The lowest BCUT2D eigenvalue weighted by Gasteiger charge is -2.17. The number of hydrazone groups is 1. The van der Waals surface area contributed by atoms with Crippen molar-refractivity contribution in [1.29, 1.82) is 0 Å². The molecule has 1 aliphatic heterocycles. The molecule has 1 aromatic heterocycles. The average Bonchev–Trinajstić information content (AvgIpc) is 3.18. The minimum atomic E-state index is -4.72. The Bertz CT molecular complexity index is 1030. The predicted molar refractivity (Wildman–Crippen MR) is 108 cm³/mol. The van der Waals surface area contributed by atoms with Crippen LogP contribution in [0.15, 0.2) is 78.2 Å². The van der Waals surface area contributed by atoms with Gasteiger partial charge in [0, 0.05) is 30.8 Å². The molecule has 0 amide bonds. The molecule has 156 valence electrons. The topological polar surface area (TPSA) is 73.8 Å². The third-order valence-electron chi connectivity index (χ3n) is 4.16. The van der Waals surface area contributed by atoms with Gasteiger partial charge in [-0.1, -0.05) is 12.1 Å². The molecular formula is C20H19F3N6O. The van der Waals surface area contributed by atoms with Crippen molar-refractivity contribution >= 4 is 17.2 Å². The Labute approximate surface area is 171 Å². The first-order valence-electron chi connectivity index (χ1n) is 8.95. The molecule has 0 spiro atoms. The van der Waals surface area contributed by atoms with Crippen LogP contribution in [-0.4, -0.2) is 22.3 Å². The van der Waals surface area contributed by atoms with Crippen LogP contribution in [-0.2, 0) is 6.54 Å². The fourth-order valence-corrected chi connectivity index (χ4v) is 2.85. The summed E-state index contributed by atoms with van der Waals surface area (Å²) in [6, 6.07) is 16.8. The van der Waals surface area contributed by atoms with Crippen LogP contribution in [0.5, 0.6) is 5.75 Å². The van der Waals surface area contributed by atoms with Crippen LogP contribution < -0.4 is 21.0 Å². The molecule has 10 heteroatoms. The molecule has 2 aromatic carbocycles. The highest BCUT2D eigenvalue weighted by molar-refractivity contribution is 6.04. The fourth-order valence-electron chi connectivity index (χ4n) is 2.85. The van der Waals surface area contributed by atoms with Gasteiger partial charge in [0.1, 0.15) is 5.75 Å². The van der Waals surface area contributed by atoms with Gasteiger partial charge in [0.05, 0.1) is 6.54 Å². The first-order valence-corrected chi connectivity index (χ1v) is 8.95. The van der Waals surface area contributed by atoms with Crippen molar-refractivity contribution in [2.75, 3.05) is 5.32 Å².